The Morgan fingerprint density at radius 1 is 1.40 bits per heavy atom. The average Bonchev–Trinajstić information content (AvgIpc) is 3.16. The largest absolute Gasteiger partial charge is 0.311 e. The van der Waals surface area contributed by atoms with E-state index in [-0.39, 0.29) is 23.5 Å². The molecular weight excluding hydrogens is 342 g/mol. The lowest BCUT2D eigenvalue weighted by molar-refractivity contribution is -0.116. The van der Waals surface area contributed by atoms with Gasteiger partial charge in [0.05, 0.1) is 28.9 Å². The number of nitrogens with zero attached hydrogens (tertiary/aromatic N) is 3. The summed E-state index contributed by atoms with van der Waals surface area (Å²) in [4.78, 5) is 12.3. The van der Waals surface area contributed by atoms with Crippen molar-refractivity contribution in [2.75, 3.05) is 16.8 Å². The van der Waals surface area contributed by atoms with Crippen LogP contribution < -0.4 is 5.32 Å². The van der Waals surface area contributed by atoms with Crippen LogP contribution in [0.15, 0.2) is 6.07 Å². The third kappa shape index (κ3) is 3.92. The highest BCUT2D eigenvalue weighted by Gasteiger charge is 2.31. The van der Waals surface area contributed by atoms with E-state index in [1.807, 2.05) is 20.8 Å². The Kier molecular flexibility index (Phi) is 4.68. The quantitative estimate of drug-likeness (QED) is 0.834. The molecule has 0 aliphatic carbocycles. The second kappa shape index (κ2) is 6.62. The van der Waals surface area contributed by atoms with Crippen molar-refractivity contribution >= 4 is 21.6 Å². The number of aryl methyl sites for hydroxylation is 3. The Labute approximate surface area is 146 Å². The lowest BCUT2D eigenvalue weighted by Gasteiger charge is -2.13. The maximum atomic E-state index is 12.3. The number of carbonyl (C=O) groups excluding carboxylic acids is 1. The van der Waals surface area contributed by atoms with Crippen LogP contribution in [-0.4, -0.2) is 45.8 Å². The SMILES string of the molecule is Cc1cc(NC(=O)CCc2c(C)n[nH]c2C)n([C@H]2CCS(=O)(=O)C2)n1. The first-order valence-electron chi connectivity index (χ1n) is 8.32. The lowest BCUT2D eigenvalue weighted by atomic mass is 10.1. The third-order valence-corrected chi connectivity index (χ3v) is 6.31. The molecule has 1 aliphatic rings. The minimum Gasteiger partial charge on any atom is -0.311 e. The van der Waals surface area contributed by atoms with E-state index in [2.05, 4.69) is 20.6 Å². The molecule has 0 aromatic carbocycles. The molecule has 8 nitrogen and oxygen atoms in total. The predicted octanol–water partition coefficient (Wildman–Crippen LogP) is 1.46. The normalized spacial score (nSPS) is 19.2. The van der Waals surface area contributed by atoms with Gasteiger partial charge in [0.25, 0.3) is 0 Å². The highest BCUT2D eigenvalue weighted by atomic mass is 32.2. The molecule has 1 fully saturated rings. The van der Waals surface area contributed by atoms with Gasteiger partial charge in [0.2, 0.25) is 5.91 Å². The number of rotatable bonds is 5. The van der Waals surface area contributed by atoms with Crippen LogP contribution in [0.3, 0.4) is 0 Å². The Morgan fingerprint density at radius 3 is 2.76 bits per heavy atom. The average molecular weight is 365 g/mol. The molecule has 1 aliphatic heterocycles. The maximum Gasteiger partial charge on any atom is 0.225 e. The highest BCUT2D eigenvalue weighted by Crippen LogP contribution is 2.27. The monoisotopic (exact) mass is 365 g/mol. The van der Waals surface area contributed by atoms with Crippen molar-refractivity contribution in [3.8, 4) is 0 Å². The minimum atomic E-state index is -3.01. The van der Waals surface area contributed by atoms with Crippen molar-refractivity contribution < 1.29 is 13.2 Å². The summed E-state index contributed by atoms with van der Waals surface area (Å²) in [6.45, 7) is 5.68. The molecule has 1 saturated heterocycles. The molecule has 3 rings (SSSR count). The Bertz CT molecular complexity index is 878. The zero-order valence-corrected chi connectivity index (χ0v) is 15.5. The molecule has 9 heteroatoms. The van der Waals surface area contributed by atoms with Crippen molar-refractivity contribution in [3.05, 3.63) is 28.7 Å². The minimum absolute atomic E-state index is 0.0738. The van der Waals surface area contributed by atoms with Gasteiger partial charge in [-0.25, -0.2) is 13.1 Å². The van der Waals surface area contributed by atoms with Crippen LogP contribution in [0.25, 0.3) is 0 Å². The van der Waals surface area contributed by atoms with E-state index in [1.54, 1.807) is 10.7 Å². The van der Waals surface area contributed by atoms with E-state index >= 15 is 0 Å². The van der Waals surface area contributed by atoms with Crippen molar-refractivity contribution in [3.63, 3.8) is 0 Å². The molecule has 2 aromatic heterocycles. The fourth-order valence-electron chi connectivity index (χ4n) is 3.24. The summed E-state index contributed by atoms with van der Waals surface area (Å²) in [5.41, 5.74) is 3.69. The van der Waals surface area contributed by atoms with Gasteiger partial charge in [-0.2, -0.15) is 10.2 Å². The summed E-state index contributed by atoms with van der Waals surface area (Å²) in [5, 5.41) is 14.3. The number of nitrogens with one attached hydrogen (secondary N) is 2. The fraction of sp³-hybridized carbons (Fsp3) is 0.562. The van der Waals surface area contributed by atoms with E-state index in [0.717, 1.165) is 22.6 Å². The maximum absolute atomic E-state index is 12.3. The van der Waals surface area contributed by atoms with Crippen LogP contribution >= 0.6 is 0 Å². The molecule has 1 amide bonds. The first kappa shape index (κ1) is 17.7. The van der Waals surface area contributed by atoms with E-state index in [1.165, 1.54) is 0 Å². The van der Waals surface area contributed by atoms with E-state index < -0.39 is 9.84 Å². The summed E-state index contributed by atoms with van der Waals surface area (Å²) in [5.74, 6) is 0.681. The van der Waals surface area contributed by atoms with Crippen LogP contribution in [0.1, 0.15) is 41.5 Å². The number of sulfone groups is 1. The summed E-state index contributed by atoms with van der Waals surface area (Å²) in [7, 11) is -3.01. The van der Waals surface area contributed by atoms with Gasteiger partial charge in [-0.3, -0.25) is 9.89 Å². The van der Waals surface area contributed by atoms with Crippen LogP contribution in [0.5, 0.6) is 0 Å². The van der Waals surface area contributed by atoms with Crippen molar-refractivity contribution in [1.29, 1.82) is 0 Å². The Morgan fingerprint density at radius 2 is 2.16 bits per heavy atom. The van der Waals surface area contributed by atoms with E-state index in [9.17, 15) is 13.2 Å². The zero-order valence-electron chi connectivity index (χ0n) is 14.7. The van der Waals surface area contributed by atoms with Crippen LogP contribution in [-0.2, 0) is 21.1 Å². The molecule has 1 atom stereocenters. The van der Waals surface area contributed by atoms with E-state index in [4.69, 9.17) is 0 Å². The summed E-state index contributed by atoms with van der Waals surface area (Å²) < 4.78 is 25.1. The number of aromatic nitrogens is 4. The standard InChI is InChI=1S/C16H23N5O3S/c1-10-8-15(21(20-10)13-6-7-25(23,24)9-13)17-16(22)5-4-14-11(2)18-19-12(14)3/h8,13H,4-7,9H2,1-3H3,(H,17,22)(H,18,19)/t13-/m0/s1. The first-order valence-corrected chi connectivity index (χ1v) is 10.1. The Balaban J connectivity index is 1.68. The number of carbonyl (C=O) groups is 1. The number of aromatic amines is 1. The van der Waals surface area contributed by atoms with Gasteiger partial charge in [-0.1, -0.05) is 0 Å². The van der Waals surface area contributed by atoms with Gasteiger partial charge in [0, 0.05) is 18.2 Å². The third-order valence-electron chi connectivity index (χ3n) is 4.56. The molecular formula is C16H23N5O3S. The fourth-order valence-corrected chi connectivity index (χ4v) is 4.93. The van der Waals surface area contributed by atoms with Gasteiger partial charge < -0.3 is 5.32 Å². The molecule has 136 valence electrons. The lowest BCUT2D eigenvalue weighted by Crippen LogP contribution is -2.19. The second-order valence-electron chi connectivity index (χ2n) is 6.63. The highest BCUT2D eigenvalue weighted by molar-refractivity contribution is 7.91. The number of H-pyrrole nitrogens is 1. The molecule has 0 saturated carbocycles. The van der Waals surface area contributed by atoms with E-state index in [0.29, 0.717) is 25.1 Å². The summed E-state index contributed by atoms with van der Waals surface area (Å²) in [6, 6.07) is 1.56. The van der Waals surface area contributed by atoms with Gasteiger partial charge in [-0.05, 0) is 39.2 Å². The molecule has 2 aromatic rings. The smallest absolute Gasteiger partial charge is 0.225 e. The molecule has 0 bridgehead atoms. The van der Waals surface area contributed by atoms with Gasteiger partial charge in [0.1, 0.15) is 5.82 Å². The summed E-state index contributed by atoms with van der Waals surface area (Å²) in [6.07, 6.45) is 1.46. The van der Waals surface area contributed by atoms with Crippen molar-refractivity contribution in [1.82, 2.24) is 20.0 Å². The summed E-state index contributed by atoms with van der Waals surface area (Å²) >= 11 is 0. The number of amides is 1. The molecule has 2 N–H and O–H groups in total. The predicted molar refractivity (Wildman–Crippen MR) is 94.3 cm³/mol. The van der Waals surface area contributed by atoms with Gasteiger partial charge in [0.15, 0.2) is 9.84 Å². The topological polar surface area (TPSA) is 110 Å². The molecule has 25 heavy (non-hydrogen) atoms. The van der Waals surface area contributed by atoms with Crippen LogP contribution in [0, 0.1) is 20.8 Å². The van der Waals surface area contributed by atoms with Crippen molar-refractivity contribution in [2.24, 2.45) is 0 Å². The molecule has 0 spiro atoms. The second-order valence-corrected chi connectivity index (χ2v) is 8.86. The zero-order chi connectivity index (χ0) is 18.2. The van der Waals surface area contributed by atoms with Crippen LogP contribution in [0.4, 0.5) is 5.82 Å². The first-order chi connectivity index (χ1) is 11.7. The number of hydrogen-bond acceptors (Lipinski definition) is 5. The van der Waals surface area contributed by atoms with Gasteiger partial charge >= 0.3 is 0 Å². The number of hydrogen-bond donors (Lipinski definition) is 2. The number of anilines is 1. The Hall–Kier alpha value is -2.16. The molecule has 0 unspecified atom stereocenters. The molecule has 0 radical (unpaired) electrons. The van der Waals surface area contributed by atoms with Crippen LogP contribution in [0.2, 0.25) is 0 Å². The van der Waals surface area contributed by atoms with Crippen molar-refractivity contribution in [2.45, 2.75) is 46.1 Å². The molecule has 3 heterocycles. The van der Waals surface area contributed by atoms with Gasteiger partial charge in [-0.15, -0.1) is 0 Å².